The highest BCUT2D eigenvalue weighted by Gasteiger charge is 2.50. The predicted octanol–water partition coefficient (Wildman–Crippen LogP) is 1.98. The van der Waals surface area contributed by atoms with Crippen LogP contribution in [0.1, 0.15) is 31.7 Å². The van der Waals surface area contributed by atoms with Crippen LogP contribution in [0.2, 0.25) is 0 Å². The van der Waals surface area contributed by atoms with Crippen LogP contribution in [0, 0.1) is 0 Å². The fourth-order valence-electron chi connectivity index (χ4n) is 2.46. The van der Waals surface area contributed by atoms with Gasteiger partial charge in [0.2, 0.25) is 0 Å². The standard InChI is InChI=1S/C14H22N2O/c1-2-10-17-11-13(16-15)14(8-9-14)12-6-4-3-5-7-12/h3-7,13,16H,2,8-11,15H2,1H3. The molecule has 1 aromatic carbocycles. The molecule has 0 aliphatic heterocycles. The molecule has 3 heteroatoms. The molecule has 1 fully saturated rings. The van der Waals surface area contributed by atoms with Gasteiger partial charge in [-0.2, -0.15) is 0 Å². The first-order chi connectivity index (χ1) is 8.33. The zero-order valence-corrected chi connectivity index (χ0v) is 10.5. The summed E-state index contributed by atoms with van der Waals surface area (Å²) in [6.45, 7) is 3.62. The van der Waals surface area contributed by atoms with Crippen LogP contribution < -0.4 is 11.3 Å². The Kier molecular flexibility index (Phi) is 4.15. The van der Waals surface area contributed by atoms with Gasteiger partial charge < -0.3 is 4.74 Å². The third-order valence-electron chi connectivity index (χ3n) is 3.64. The Morgan fingerprint density at radius 1 is 1.35 bits per heavy atom. The van der Waals surface area contributed by atoms with Crippen molar-refractivity contribution in [1.82, 2.24) is 5.43 Å². The molecule has 0 radical (unpaired) electrons. The Hall–Kier alpha value is -0.900. The summed E-state index contributed by atoms with van der Waals surface area (Å²) in [5.74, 6) is 5.69. The summed E-state index contributed by atoms with van der Waals surface area (Å²) in [5, 5.41) is 0. The smallest absolute Gasteiger partial charge is 0.0641 e. The van der Waals surface area contributed by atoms with E-state index in [9.17, 15) is 0 Å². The highest BCUT2D eigenvalue weighted by Crippen LogP contribution is 2.50. The summed E-state index contributed by atoms with van der Waals surface area (Å²) in [7, 11) is 0. The summed E-state index contributed by atoms with van der Waals surface area (Å²) < 4.78 is 5.64. The lowest BCUT2D eigenvalue weighted by molar-refractivity contribution is 0.100. The van der Waals surface area contributed by atoms with E-state index in [2.05, 4.69) is 42.7 Å². The summed E-state index contributed by atoms with van der Waals surface area (Å²) in [5.41, 5.74) is 4.51. The van der Waals surface area contributed by atoms with E-state index >= 15 is 0 Å². The molecule has 0 spiro atoms. The minimum absolute atomic E-state index is 0.198. The largest absolute Gasteiger partial charge is 0.380 e. The molecule has 1 unspecified atom stereocenters. The van der Waals surface area contributed by atoms with E-state index in [1.807, 2.05) is 0 Å². The van der Waals surface area contributed by atoms with Crippen molar-refractivity contribution in [1.29, 1.82) is 0 Å². The van der Waals surface area contributed by atoms with E-state index in [0.29, 0.717) is 6.61 Å². The van der Waals surface area contributed by atoms with Crippen LogP contribution in [0.25, 0.3) is 0 Å². The summed E-state index contributed by atoms with van der Waals surface area (Å²) in [6, 6.07) is 10.8. The number of nitrogens with one attached hydrogen (secondary N) is 1. The van der Waals surface area contributed by atoms with Gasteiger partial charge in [0.05, 0.1) is 12.6 Å². The number of hydrogen-bond acceptors (Lipinski definition) is 3. The second-order valence-corrected chi connectivity index (χ2v) is 4.82. The third kappa shape index (κ3) is 2.68. The summed E-state index contributed by atoms with van der Waals surface area (Å²) in [6.07, 6.45) is 3.44. The number of ether oxygens (including phenoxy) is 1. The second-order valence-electron chi connectivity index (χ2n) is 4.82. The van der Waals surface area contributed by atoms with E-state index < -0.39 is 0 Å². The van der Waals surface area contributed by atoms with Crippen molar-refractivity contribution in [2.45, 2.75) is 37.6 Å². The Labute approximate surface area is 103 Å². The molecule has 1 aliphatic rings. The average Bonchev–Trinajstić information content (AvgIpc) is 3.17. The molecule has 0 bridgehead atoms. The van der Waals surface area contributed by atoms with Crippen molar-refractivity contribution < 1.29 is 4.74 Å². The Balaban J connectivity index is 2.03. The maximum absolute atomic E-state index is 5.69. The van der Waals surface area contributed by atoms with Gasteiger partial charge in [0.15, 0.2) is 0 Å². The quantitative estimate of drug-likeness (QED) is 0.431. The molecule has 0 heterocycles. The van der Waals surface area contributed by atoms with Crippen molar-refractivity contribution in [3.8, 4) is 0 Å². The van der Waals surface area contributed by atoms with Crippen LogP contribution in [0.3, 0.4) is 0 Å². The topological polar surface area (TPSA) is 47.3 Å². The van der Waals surface area contributed by atoms with Gasteiger partial charge in [-0.25, -0.2) is 0 Å². The van der Waals surface area contributed by atoms with Crippen LogP contribution in [-0.2, 0) is 10.2 Å². The minimum Gasteiger partial charge on any atom is -0.380 e. The van der Waals surface area contributed by atoms with E-state index in [-0.39, 0.29) is 11.5 Å². The van der Waals surface area contributed by atoms with E-state index in [4.69, 9.17) is 10.6 Å². The van der Waals surface area contributed by atoms with Crippen molar-refractivity contribution in [2.75, 3.05) is 13.2 Å². The monoisotopic (exact) mass is 234 g/mol. The van der Waals surface area contributed by atoms with Gasteiger partial charge in [0.25, 0.3) is 0 Å². The number of nitrogens with two attached hydrogens (primary N) is 1. The lowest BCUT2D eigenvalue weighted by Crippen LogP contribution is -2.47. The minimum atomic E-state index is 0.198. The molecule has 3 N–H and O–H groups in total. The maximum atomic E-state index is 5.69. The van der Waals surface area contributed by atoms with E-state index in [1.165, 1.54) is 18.4 Å². The molecule has 3 nitrogen and oxygen atoms in total. The molecule has 94 valence electrons. The number of hydrogen-bond donors (Lipinski definition) is 2. The third-order valence-corrected chi connectivity index (χ3v) is 3.64. The highest BCUT2D eigenvalue weighted by atomic mass is 16.5. The van der Waals surface area contributed by atoms with Crippen molar-refractivity contribution in [2.24, 2.45) is 5.84 Å². The van der Waals surface area contributed by atoms with E-state index in [0.717, 1.165) is 13.0 Å². The molecule has 1 aromatic rings. The number of rotatable bonds is 7. The van der Waals surface area contributed by atoms with Gasteiger partial charge in [-0.3, -0.25) is 11.3 Å². The molecule has 17 heavy (non-hydrogen) atoms. The number of hydrazine groups is 1. The summed E-state index contributed by atoms with van der Waals surface area (Å²) >= 11 is 0. The number of benzene rings is 1. The van der Waals surface area contributed by atoms with Crippen LogP contribution >= 0.6 is 0 Å². The second kappa shape index (κ2) is 5.63. The normalized spacial score (nSPS) is 18.9. The van der Waals surface area contributed by atoms with E-state index in [1.54, 1.807) is 0 Å². The van der Waals surface area contributed by atoms with Gasteiger partial charge in [0.1, 0.15) is 0 Å². The highest BCUT2D eigenvalue weighted by molar-refractivity contribution is 5.33. The molecule has 0 aromatic heterocycles. The molecule has 1 atom stereocenters. The molecule has 2 rings (SSSR count). The molecule has 0 saturated heterocycles. The molecular formula is C14H22N2O. The maximum Gasteiger partial charge on any atom is 0.0641 e. The Morgan fingerprint density at radius 2 is 2.06 bits per heavy atom. The zero-order chi connectivity index (χ0) is 12.1. The van der Waals surface area contributed by atoms with Crippen molar-refractivity contribution in [3.05, 3.63) is 35.9 Å². The van der Waals surface area contributed by atoms with Gasteiger partial charge in [0, 0.05) is 12.0 Å². The van der Waals surface area contributed by atoms with Crippen molar-refractivity contribution in [3.63, 3.8) is 0 Å². The van der Waals surface area contributed by atoms with Crippen LogP contribution in [0.15, 0.2) is 30.3 Å². The lowest BCUT2D eigenvalue weighted by atomic mass is 9.89. The van der Waals surface area contributed by atoms with Crippen LogP contribution in [0.4, 0.5) is 0 Å². The van der Waals surface area contributed by atoms with Crippen LogP contribution in [-0.4, -0.2) is 19.3 Å². The van der Waals surface area contributed by atoms with Gasteiger partial charge in [-0.1, -0.05) is 37.3 Å². The SMILES string of the molecule is CCCOCC(NN)C1(c2ccccc2)CC1. The fraction of sp³-hybridized carbons (Fsp3) is 0.571. The first-order valence-corrected chi connectivity index (χ1v) is 6.43. The fourth-order valence-corrected chi connectivity index (χ4v) is 2.46. The van der Waals surface area contributed by atoms with Gasteiger partial charge in [-0.05, 0) is 24.8 Å². The molecular weight excluding hydrogens is 212 g/mol. The van der Waals surface area contributed by atoms with Gasteiger partial charge in [-0.15, -0.1) is 0 Å². The summed E-state index contributed by atoms with van der Waals surface area (Å²) in [4.78, 5) is 0. The van der Waals surface area contributed by atoms with Crippen LogP contribution in [0.5, 0.6) is 0 Å². The lowest BCUT2D eigenvalue weighted by Gasteiger charge is -2.26. The Bertz CT molecular complexity index is 335. The first kappa shape index (κ1) is 12.6. The van der Waals surface area contributed by atoms with Crippen molar-refractivity contribution >= 4 is 0 Å². The first-order valence-electron chi connectivity index (χ1n) is 6.43. The predicted molar refractivity (Wildman–Crippen MR) is 69.6 cm³/mol. The van der Waals surface area contributed by atoms with Gasteiger partial charge >= 0.3 is 0 Å². The zero-order valence-electron chi connectivity index (χ0n) is 10.5. The molecule has 0 amide bonds. The Morgan fingerprint density at radius 3 is 2.59 bits per heavy atom. The average molecular weight is 234 g/mol. The molecule has 1 aliphatic carbocycles. The molecule has 1 saturated carbocycles.